The van der Waals surface area contributed by atoms with Gasteiger partial charge in [0, 0.05) is 17.5 Å². The average Bonchev–Trinajstić information content (AvgIpc) is 3.26. The number of aromatic nitrogens is 1. The topological polar surface area (TPSA) is 60.5 Å². The number of hydrogen-bond donors (Lipinski definition) is 1. The number of nitrogens with one attached hydrogen (secondary N) is 1. The Kier molecular flexibility index (Phi) is 5.52. The summed E-state index contributed by atoms with van der Waals surface area (Å²) in [6.07, 6.45) is 2.80. The number of rotatable bonds is 6. The van der Waals surface area contributed by atoms with Crippen molar-refractivity contribution in [3.8, 4) is 22.8 Å². The van der Waals surface area contributed by atoms with E-state index in [9.17, 15) is 4.79 Å². The van der Waals surface area contributed by atoms with Gasteiger partial charge in [-0.2, -0.15) is 0 Å². The first kappa shape index (κ1) is 19.8. The summed E-state index contributed by atoms with van der Waals surface area (Å²) >= 11 is 3.02. The van der Waals surface area contributed by atoms with Crippen LogP contribution in [-0.2, 0) is 11.2 Å². The number of fused-ring (bicyclic) bond motifs is 1. The zero-order valence-corrected chi connectivity index (χ0v) is 18.2. The molecule has 0 saturated heterocycles. The second-order valence-corrected chi connectivity index (χ2v) is 9.40. The van der Waals surface area contributed by atoms with Crippen LogP contribution in [0.2, 0.25) is 0 Å². The van der Waals surface area contributed by atoms with Crippen molar-refractivity contribution in [1.29, 1.82) is 0 Å². The van der Waals surface area contributed by atoms with Crippen LogP contribution in [0.1, 0.15) is 19.4 Å². The van der Waals surface area contributed by atoms with Crippen molar-refractivity contribution in [2.24, 2.45) is 0 Å². The zero-order chi connectivity index (χ0) is 20.4. The Morgan fingerprint density at radius 3 is 2.79 bits per heavy atom. The molecule has 2 heterocycles. The number of amides is 1. The monoisotopic (exact) mass is 426 g/mol. The molecule has 0 bridgehead atoms. The summed E-state index contributed by atoms with van der Waals surface area (Å²) < 4.78 is 12.7. The van der Waals surface area contributed by atoms with Gasteiger partial charge in [0.2, 0.25) is 0 Å². The Morgan fingerprint density at radius 1 is 1.24 bits per heavy atom. The number of para-hydroxylation sites is 1. The van der Waals surface area contributed by atoms with Crippen LogP contribution in [0.15, 0.2) is 52.9 Å². The van der Waals surface area contributed by atoms with Crippen LogP contribution in [0.4, 0.5) is 5.00 Å². The normalized spacial score (nSPS) is 14.2. The van der Waals surface area contributed by atoms with Gasteiger partial charge in [0.1, 0.15) is 16.3 Å². The molecule has 0 fully saturated rings. The predicted octanol–water partition coefficient (Wildman–Crippen LogP) is 5.26. The molecule has 0 atom stereocenters. The number of hydrogen-bond acceptors (Lipinski definition) is 6. The van der Waals surface area contributed by atoms with Crippen molar-refractivity contribution in [2.45, 2.75) is 30.2 Å². The molecule has 4 rings (SSSR count). The minimum atomic E-state index is -0.258. The van der Waals surface area contributed by atoms with Gasteiger partial charge < -0.3 is 14.8 Å². The number of thiazole rings is 1. The largest absolute Gasteiger partial charge is 0.483 e. The number of benzene rings is 2. The standard InChI is InChI=1S/C22H22N2O3S2/c1-22(2)12-15-10-7-11-16(19(15)27-22)26-13-17(25)23-20-18(24-21(28-3)29-20)14-8-5-4-6-9-14/h4-11H,12-13H2,1-3H3,(H,23,25). The first-order chi connectivity index (χ1) is 13.9. The van der Waals surface area contributed by atoms with E-state index in [0.29, 0.717) is 5.75 Å². The lowest BCUT2D eigenvalue weighted by Crippen LogP contribution is -2.25. The highest BCUT2D eigenvalue weighted by Gasteiger charge is 2.32. The number of carbonyl (C=O) groups excluding carboxylic acids is 1. The number of carbonyl (C=O) groups is 1. The lowest BCUT2D eigenvalue weighted by molar-refractivity contribution is -0.118. The summed E-state index contributed by atoms with van der Waals surface area (Å²) in [4.78, 5) is 17.2. The first-order valence-corrected chi connectivity index (χ1v) is 11.3. The number of ether oxygens (including phenoxy) is 2. The van der Waals surface area contributed by atoms with Crippen molar-refractivity contribution in [3.05, 3.63) is 54.1 Å². The lowest BCUT2D eigenvalue weighted by atomic mass is 10.0. The van der Waals surface area contributed by atoms with E-state index in [1.54, 1.807) is 11.8 Å². The molecule has 0 radical (unpaired) electrons. The third-order valence-electron chi connectivity index (χ3n) is 4.50. The van der Waals surface area contributed by atoms with Crippen molar-refractivity contribution < 1.29 is 14.3 Å². The Bertz CT molecular complexity index is 1030. The minimum absolute atomic E-state index is 0.0963. The van der Waals surface area contributed by atoms with Gasteiger partial charge >= 0.3 is 0 Å². The second kappa shape index (κ2) is 8.08. The van der Waals surface area contributed by atoms with Crippen molar-refractivity contribution >= 4 is 34.0 Å². The van der Waals surface area contributed by atoms with E-state index in [-0.39, 0.29) is 18.1 Å². The minimum Gasteiger partial charge on any atom is -0.483 e. The third-order valence-corrected chi connectivity index (χ3v) is 6.45. The first-order valence-electron chi connectivity index (χ1n) is 9.29. The number of nitrogens with zero attached hydrogens (tertiary/aromatic N) is 1. The molecule has 29 heavy (non-hydrogen) atoms. The van der Waals surface area contributed by atoms with Crippen molar-refractivity contribution in [1.82, 2.24) is 4.98 Å². The quantitative estimate of drug-likeness (QED) is 0.545. The molecule has 0 spiro atoms. The Balaban J connectivity index is 1.47. The smallest absolute Gasteiger partial charge is 0.262 e. The molecule has 1 aliphatic rings. The fourth-order valence-electron chi connectivity index (χ4n) is 3.27. The van der Waals surface area contributed by atoms with Crippen LogP contribution >= 0.6 is 23.1 Å². The average molecular weight is 427 g/mol. The van der Waals surface area contributed by atoms with E-state index in [0.717, 1.165) is 38.3 Å². The summed E-state index contributed by atoms with van der Waals surface area (Å²) in [5, 5.41) is 3.68. The zero-order valence-electron chi connectivity index (χ0n) is 16.5. The van der Waals surface area contributed by atoms with E-state index in [2.05, 4.69) is 10.3 Å². The molecule has 1 amide bonds. The van der Waals surface area contributed by atoms with E-state index < -0.39 is 0 Å². The molecule has 2 aromatic carbocycles. The molecule has 1 aromatic heterocycles. The molecule has 1 aliphatic heterocycles. The highest BCUT2D eigenvalue weighted by Crippen LogP contribution is 2.42. The predicted molar refractivity (Wildman–Crippen MR) is 118 cm³/mol. The van der Waals surface area contributed by atoms with Gasteiger partial charge in [0.25, 0.3) is 5.91 Å². The van der Waals surface area contributed by atoms with Gasteiger partial charge in [-0.3, -0.25) is 4.79 Å². The van der Waals surface area contributed by atoms with Crippen molar-refractivity contribution in [2.75, 3.05) is 18.2 Å². The van der Waals surface area contributed by atoms with Crippen LogP contribution in [0.5, 0.6) is 11.5 Å². The maximum atomic E-state index is 12.6. The second-order valence-electron chi connectivity index (χ2n) is 7.35. The molecule has 5 nitrogen and oxygen atoms in total. The summed E-state index contributed by atoms with van der Waals surface area (Å²) in [6.45, 7) is 3.99. The Labute approximate surface area is 178 Å². The van der Waals surface area contributed by atoms with E-state index in [4.69, 9.17) is 9.47 Å². The van der Waals surface area contributed by atoms with Gasteiger partial charge in [-0.15, -0.1) is 0 Å². The maximum absolute atomic E-state index is 12.6. The fourth-order valence-corrected chi connectivity index (χ4v) is 4.77. The SMILES string of the molecule is CSc1nc(-c2ccccc2)c(NC(=O)COc2cccc3c2OC(C)(C)C3)s1. The molecule has 150 valence electrons. The molecule has 0 saturated carbocycles. The molecule has 0 aliphatic carbocycles. The van der Waals surface area contributed by atoms with E-state index in [1.807, 2.05) is 68.6 Å². The molecule has 0 unspecified atom stereocenters. The van der Waals surface area contributed by atoms with E-state index in [1.165, 1.54) is 11.3 Å². The summed E-state index contributed by atoms with van der Waals surface area (Å²) in [6, 6.07) is 15.6. The van der Waals surface area contributed by atoms with E-state index >= 15 is 0 Å². The van der Waals surface area contributed by atoms with Crippen LogP contribution in [0.25, 0.3) is 11.3 Å². The highest BCUT2D eigenvalue weighted by molar-refractivity contribution is 8.00. The lowest BCUT2D eigenvalue weighted by Gasteiger charge is -2.18. The third kappa shape index (κ3) is 4.41. The van der Waals surface area contributed by atoms with Crippen LogP contribution in [0.3, 0.4) is 0 Å². The van der Waals surface area contributed by atoms with Gasteiger partial charge in [-0.25, -0.2) is 4.98 Å². The molecular weight excluding hydrogens is 404 g/mol. The Hall–Kier alpha value is -2.51. The highest BCUT2D eigenvalue weighted by atomic mass is 32.2. The van der Waals surface area contributed by atoms with Crippen LogP contribution in [0, 0.1) is 0 Å². The number of thioether (sulfide) groups is 1. The molecule has 3 aromatic rings. The van der Waals surface area contributed by atoms with Gasteiger partial charge in [-0.05, 0) is 26.2 Å². The van der Waals surface area contributed by atoms with Crippen LogP contribution in [-0.4, -0.2) is 29.4 Å². The summed E-state index contributed by atoms with van der Waals surface area (Å²) in [5.41, 5.74) is 2.59. The summed E-state index contributed by atoms with van der Waals surface area (Å²) in [5.74, 6) is 1.10. The fraction of sp³-hybridized carbons (Fsp3) is 0.273. The van der Waals surface area contributed by atoms with Crippen molar-refractivity contribution in [3.63, 3.8) is 0 Å². The molecular formula is C22H22N2O3S2. The maximum Gasteiger partial charge on any atom is 0.262 e. The van der Waals surface area contributed by atoms with Gasteiger partial charge in [0.05, 0.1) is 0 Å². The summed E-state index contributed by atoms with van der Waals surface area (Å²) in [7, 11) is 0. The van der Waals surface area contributed by atoms with Crippen LogP contribution < -0.4 is 14.8 Å². The molecule has 1 N–H and O–H groups in total. The number of anilines is 1. The molecule has 7 heteroatoms. The Morgan fingerprint density at radius 2 is 2.03 bits per heavy atom. The van der Waals surface area contributed by atoms with Gasteiger partial charge in [-0.1, -0.05) is 65.6 Å². The van der Waals surface area contributed by atoms with Gasteiger partial charge in [0.15, 0.2) is 22.4 Å².